The van der Waals surface area contributed by atoms with Crippen LogP contribution in [0.4, 0.5) is 5.69 Å². The highest BCUT2D eigenvalue weighted by Crippen LogP contribution is 2.18. The summed E-state index contributed by atoms with van der Waals surface area (Å²) in [7, 11) is 0.335. The van der Waals surface area contributed by atoms with Crippen LogP contribution in [0.1, 0.15) is 0 Å². The number of sulfone groups is 1. The van der Waals surface area contributed by atoms with E-state index in [-0.39, 0.29) is 25.5 Å². The Morgan fingerprint density at radius 1 is 1.05 bits per heavy atom. The molecular formula is C14H24N2O4S. The van der Waals surface area contributed by atoms with E-state index in [1.807, 2.05) is 25.1 Å². The third-order valence-corrected chi connectivity index (χ3v) is 4.89. The predicted octanol–water partition coefficient (Wildman–Crippen LogP) is -0.187. The Morgan fingerprint density at radius 3 is 2.19 bits per heavy atom. The van der Waals surface area contributed by atoms with Gasteiger partial charge in [-0.05, 0) is 18.2 Å². The van der Waals surface area contributed by atoms with Crippen LogP contribution in [0.5, 0.6) is 0 Å². The van der Waals surface area contributed by atoms with Gasteiger partial charge in [-0.15, -0.1) is 0 Å². The summed E-state index contributed by atoms with van der Waals surface area (Å²) < 4.78 is 24.7. The zero-order chi connectivity index (χ0) is 15.9. The largest absolute Gasteiger partial charge is 0.395 e. The van der Waals surface area contributed by atoms with E-state index in [1.54, 1.807) is 23.1 Å². The lowest BCUT2D eigenvalue weighted by Gasteiger charge is -2.20. The number of aliphatic hydroxyl groups is 2. The molecule has 2 N–H and O–H groups in total. The maximum atomic E-state index is 12.3. The Hall–Kier alpha value is -1.15. The van der Waals surface area contributed by atoms with Crippen molar-refractivity contribution in [3.8, 4) is 0 Å². The summed E-state index contributed by atoms with van der Waals surface area (Å²) >= 11 is 0. The first kappa shape index (κ1) is 17.9. The van der Waals surface area contributed by atoms with Gasteiger partial charge in [0, 0.05) is 39.4 Å². The fraction of sp³-hybridized carbons (Fsp3) is 0.571. The molecule has 1 aromatic rings. The second-order valence-corrected chi connectivity index (χ2v) is 7.11. The van der Waals surface area contributed by atoms with Crippen molar-refractivity contribution in [3.63, 3.8) is 0 Å². The molecule has 1 rings (SSSR count). The van der Waals surface area contributed by atoms with E-state index in [2.05, 4.69) is 0 Å². The van der Waals surface area contributed by atoms with Gasteiger partial charge in [0.2, 0.25) is 0 Å². The molecule has 6 nitrogen and oxygen atoms in total. The summed E-state index contributed by atoms with van der Waals surface area (Å²) in [6.45, 7) is 0.879. The zero-order valence-corrected chi connectivity index (χ0v) is 13.4. The number of hydrogen-bond acceptors (Lipinski definition) is 6. The van der Waals surface area contributed by atoms with Crippen molar-refractivity contribution >= 4 is 15.5 Å². The fourth-order valence-electron chi connectivity index (χ4n) is 1.94. The average molecular weight is 316 g/mol. The van der Waals surface area contributed by atoms with Crippen molar-refractivity contribution in [3.05, 3.63) is 24.3 Å². The smallest absolute Gasteiger partial charge is 0.179 e. The second kappa shape index (κ2) is 8.33. The molecule has 0 bridgehead atoms. The molecule has 0 amide bonds. The molecule has 21 heavy (non-hydrogen) atoms. The first-order valence-electron chi connectivity index (χ1n) is 6.85. The molecular weight excluding hydrogens is 292 g/mol. The molecule has 0 radical (unpaired) electrons. The number of nitrogens with zero attached hydrogens (tertiary/aromatic N) is 2. The summed E-state index contributed by atoms with van der Waals surface area (Å²) in [6, 6.07) is 6.81. The van der Waals surface area contributed by atoms with E-state index in [0.29, 0.717) is 18.0 Å². The molecule has 0 saturated carbocycles. The Balaban J connectivity index is 2.79. The first-order chi connectivity index (χ1) is 9.90. The molecule has 120 valence electrons. The molecule has 0 aliphatic heterocycles. The summed E-state index contributed by atoms with van der Waals surface area (Å²) in [5.74, 6) is -0.0378. The van der Waals surface area contributed by atoms with E-state index in [0.717, 1.165) is 5.69 Å². The van der Waals surface area contributed by atoms with Crippen LogP contribution >= 0.6 is 0 Å². The standard InChI is InChI=1S/C14H24N2O4S/c1-15(2)13-4-3-5-14(12-13)21(19,20)11-8-16(6-9-17)7-10-18/h3-5,12,17-18H,6-11H2,1-2H3. The van der Waals surface area contributed by atoms with Crippen LogP contribution in [0.15, 0.2) is 29.2 Å². The highest BCUT2D eigenvalue weighted by molar-refractivity contribution is 7.91. The molecule has 1 aromatic carbocycles. The van der Waals surface area contributed by atoms with Gasteiger partial charge in [-0.3, -0.25) is 4.90 Å². The quantitative estimate of drug-likeness (QED) is 0.657. The molecule has 0 aliphatic carbocycles. The van der Waals surface area contributed by atoms with E-state index in [1.165, 1.54) is 0 Å². The van der Waals surface area contributed by atoms with Crippen molar-refractivity contribution in [1.82, 2.24) is 4.90 Å². The Morgan fingerprint density at radius 2 is 1.67 bits per heavy atom. The Kier molecular flexibility index (Phi) is 7.10. The van der Waals surface area contributed by atoms with Crippen LogP contribution in [-0.4, -0.2) is 76.2 Å². The lowest BCUT2D eigenvalue weighted by Crippen LogP contribution is -2.34. The molecule has 0 atom stereocenters. The number of rotatable bonds is 9. The van der Waals surface area contributed by atoms with E-state index in [4.69, 9.17) is 10.2 Å². The van der Waals surface area contributed by atoms with Crippen molar-refractivity contribution < 1.29 is 18.6 Å². The first-order valence-corrected chi connectivity index (χ1v) is 8.50. The molecule has 0 fully saturated rings. The Bertz CT molecular complexity index is 526. The monoisotopic (exact) mass is 316 g/mol. The number of benzene rings is 1. The highest BCUT2D eigenvalue weighted by Gasteiger charge is 2.17. The van der Waals surface area contributed by atoms with Crippen molar-refractivity contribution in [2.45, 2.75) is 4.90 Å². The predicted molar refractivity (Wildman–Crippen MR) is 83.4 cm³/mol. The van der Waals surface area contributed by atoms with Crippen LogP contribution in [-0.2, 0) is 9.84 Å². The van der Waals surface area contributed by atoms with Gasteiger partial charge in [-0.2, -0.15) is 0 Å². The second-order valence-electron chi connectivity index (χ2n) is 5.00. The molecule has 0 aliphatic rings. The Labute approximate surface area is 126 Å². The lowest BCUT2D eigenvalue weighted by atomic mass is 10.3. The third kappa shape index (κ3) is 5.62. The molecule has 0 saturated heterocycles. The maximum Gasteiger partial charge on any atom is 0.179 e. The van der Waals surface area contributed by atoms with E-state index >= 15 is 0 Å². The molecule has 0 heterocycles. The summed E-state index contributed by atoms with van der Waals surface area (Å²) in [5, 5.41) is 17.9. The lowest BCUT2D eigenvalue weighted by molar-refractivity contribution is 0.167. The van der Waals surface area contributed by atoms with Crippen molar-refractivity contribution in [1.29, 1.82) is 0 Å². The van der Waals surface area contributed by atoms with Crippen LogP contribution in [0.2, 0.25) is 0 Å². The van der Waals surface area contributed by atoms with E-state index in [9.17, 15) is 8.42 Å². The summed E-state index contributed by atoms with van der Waals surface area (Å²) in [4.78, 5) is 3.87. The van der Waals surface area contributed by atoms with Gasteiger partial charge in [-0.25, -0.2) is 8.42 Å². The van der Waals surface area contributed by atoms with Crippen molar-refractivity contribution in [2.75, 3.05) is 57.6 Å². The van der Waals surface area contributed by atoms with Crippen molar-refractivity contribution in [2.24, 2.45) is 0 Å². The highest BCUT2D eigenvalue weighted by atomic mass is 32.2. The average Bonchev–Trinajstić information content (AvgIpc) is 2.45. The summed E-state index contributed by atoms with van der Waals surface area (Å²) in [5.41, 5.74) is 0.832. The van der Waals surface area contributed by atoms with Crippen LogP contribution in [0.25, 0.3) is 0 Å². The number of anilines is 1. The topological polar surface area (TPSA) is 81.1 Å². The SMILES string of the molecule is CN(C)c1cccc(S(=O)(=O)CCN(CCO)CCO)c1. The molecule has 0 spiro atoms. The minimum atomic E-state index is -3.38. The van der Waals surface area contributed by atoms with Gasteiger partial charge in [-0.1, -0.05) is 6.07 Å². The minimum absolute atomic E-state index is 0.0378. The molecule has 7 heteroatoms. The van der Waals surface area contributed by atoms with Gasteiger partial charge in [0.25, 0.3) is 0 Å². The zero-order valence-electron chi connectivity index (χ0n) is 12.6. The third-order valence-electron chi connectivity index (χ3n) is 3.20. The van der Waals surface area contributed by atoms with Gasteiger partial charge in [0.15, 0.2) is 9.84 Å². The summed E-state index contributed by atoms with van der Waals surface area (Å²) in [6.07, 6.45) is 0. The number of aliphatic hydroxyl groups excluding tert-OH is 2. The van der Waals surface area contributed by atoms with Crippen LogP contribution < -0.4 is 4.90 Å². The molecule has 0 aromatic heterocycles. The van der Waals surface area contributed by atoms with Crippen LogP contribution in [0.3, 0.4) is 0 Å². The number of hydrogen-bond donors (Lipinski definition) is 2. The van der Waals surface area contributed by atoms with E-state index < -0.39 is 9.84 Å². The van der Waals surface area contributed by atoms with Crippen LogP contribution in [0, 0.1) is 0 Å². The molecule has 0 unspecified atom stereocenters. The van der Waals surface area contributed by atoms with Gasteiger partial charge in [0.1, 0.15) is 0 Å². The van der Waals surface area contributed by atoms with Gasteiger partial charge < -0.3 is 15.1 Å². The normalized spacial score (nSPS) is 11.9. The minimum Gasteiger partial charge on any atom is -0.395 e. The van der Waals surface area contributed by atoms with Gasteiger partial charge >= 0.3 is 0 Å². The fourth-order valence-corrected chi connectivity index (χ4v) is 3.26. The van der Waals surface area contributed by atoms with Gasteiger partial charge in [0.05, 0.1) is 23.9 Å². The maximum absolute atomic E-state index is 12.3.